The van der Waals surface area contributed by atoms with Crippen molar-refractivity contribution in [1.82, 2.24) is 14.7 Å². The summed E-state index contributed by atoms with van der Waals surface area (Å²) in [6, 6.07) is 12.9. The number of hydrogen-bond donors (Lipinski definition) is 1. The minimum atomic E-state index is -0.864. The van der Waals surface area contributed by atoms with E-state index in [9.17, 15) is 20.0 Å². The maximum atomic E-state index is 12.4. The molecule has 1 aromatic heterocycles. The standard InChI is InChI=1S/C30H38N4O7/c1-39-28-18-26-24(17-27(28)34(37)38)19-33(31-26)25-7-12-30(36,13-8-25)21-40-16-11-22-9-14-32(15-10-22)29(35)41-20-23-5-3-2-4-6-23/h2-6,17-19,22,25,36H,7-16,20-21H2,1H3. The topological polar surface area (TPSA) is 129 Å². The van der Waals surface area contributed by atoms with E-state index in [0.717, 1.165) is 37.7 Å². The van der Waals surface area contributed by atoms with E-state index in [4.69, 9.17) is 14.2 Å². The molecular weight excluding hydrogens is 528 g/mol. The number of nitro groups is 1. The fourth-order valence-electron chi connectivity index (χ4n) is 5.83. The second-order valence-electron chi connectivity index (χ2n) is 11.2. The Kier molecular flexibility index (Phi) is 9.04. The summed E-state index contributed by atoms with van der Waals surface area (Å²) < 4.78 is 18.4. The molecule has 2 aliphatic rings. The van der Waals surface area contributed by atoms with Crippen LogP contribution >= 0.6 is 0 Å². The van der Waals surface area contributed by atoms with Crippen molar-refractivity contribution in [3.8, 4) is 5.75 Å². The third-order valence-electron chi connectivity index (χ3n) is 8.40. The second kappa shape index (κ2) is 12.9. The number of fused-ring (bicyclic) bond motifs is 1. The van der Waals surface area contributed by atoms with Gasteiger partial charge in [0.1, 0.15) is 6.61 Å². The molecule has 5 rings (SSSR count). The van der Waals surface area contributed by atoms with E-state index in [-0.39, 0.29) is 30.2 Å². The molecule has 1 saturated heterocycles. The lowest BCUT2D eigenvalue weighted by Gasteiger charge is -2.36. The van der Waals surface area contributed by atoms with Gasteiger partial charge < -0.3 is 24.2 Å². The van der Waals surface area contributed by atoms with Crippen LogP contribution in [0.15, 0.2) is 48.7 Å². The van der Waals surface area contributed by atoms with E-state index in [1.54, 1.807) is 11.0 Å². The Morgan fingerprint density at radius 1 is 1.15 bits per heavy atom. The van der Waals surface area contributed by atoms with Crippen LogP contribution in [-0.2, 0) is 16.1 Å². The SMILES string of the molecule is COc1cc2nn(C3CCC(O)(COCCC4CCN(C(=O)OCc5ccccc5)CC4)CC3)cc2cc1[N+](=O)[O-]. The number of benzene rings is 2. The van der Waals surface area contributed by atoms with Gasteiger partial charge in [0.25, 0.3) is 0 Å². The lowest BCUT2D eigenvalue weighted by Crippen LogP contribution is -2.40. The van der Waals surface area contributed by atoms with Gasteiger partial charge in [-0.05, 0) is 56.4 Å². The zero-order valence-electron chi connectivity index (χ0n) is 23.4. The maximum absolute atomic E-state index is 12.4. The summed E-state index contributed by atoms with van der Waals surface area (Å²) >= 11 is 0. The van der Waals surface area contributed by atoms with Gasteiger partial charge in [0.05, 0.1) is 35.8 Å². The van der Waals surface area contributed by atoms with E-state index in [0.29, 0.717) is 56.0 Å². The molecule has 1 saturated carbocycles. The average Bonchev–Trinajstić information content (AvgIpc) is 3.41. The first kappa shape index (κ1) is 28.8. The van der Waals surface area contributed by atoms with Crippen molar-refractivity contribution < 1.29 is 29.0 Å². The quantitative estimate of drug-likeness (QED) is 0.200. The molecule has 11 nitrogen and oxygen atoms in total. The normalized spacial score (nSPS) is 21.6. The van der Waals surface area contributed by atoms with Crippen LogP contribution in [0.1, 0.15) is 56.6 Å². The van der Waals surface area contributed by atoms with Crippen LogP contribution in [0, 0.1) is 16.0 Å². The molecule has 0 atom stereocenters. The Labute approximate surface area is 239 Å². The van der Waals surface area contributed by atoms with Crippen molar-refractivity contribution in [3.63, 3.8) is 0 Å². The summed E-state index contributed by atoms with van der Waals surface area (Å²) in [7, 11) is 1.41. The molecule has 1 amide bonds. The Hall–Kier alpha value is -3.70. The number of nitrogens with zero attached hydrogens (tertiary/aromatic N) is 4. The Bertz CT molecular complexity index is 1330. The molecule has 220 valence electrons. The summed E-state index contributed by atoms with van der Waals surface area (Å²) in [5.41, 5.74) is 0.678. The molecule has 0 unspecified atom stereocenters. The van der Waals surface area contributed by atoms with Crippen molar-refractivity contribution in [1.29, 1.82) is 0 Å². The van der Waals surface area contributed by atoms with Crippen LogP contribution < -0.4 is 4.74 Å². The van der Waals surface area contributed by atoms with Gasteiger partial charge in [-0.25, -0.2) is 4.79 Å². The molecule has 11 heteroatoms. The summed E-state index contributed by atoms with van der Waals surface area (Å²) in [6.07, 6.45) is 7.00. The molecule has 1 N–H and O–H groups in total. The van der Waals surface area contributed by atoms with E-state index >= 15 is 0 Å². The monoisotopic (exact) mass is 566 g/mol. The maximum Gasteiger partial charge on any atom is 0.410 e. The van der Waals surface area contributed by atoms with E-state index in [2.05, 4.69) is 5.10 Å². The number of carbonyl (C=O) groups is 1. The Balaban J connectivity index is 1.01. The van der Waals surface area contributed by atoms with Crippen molar-refractivity contribution in [2.75, 3.05) is 33.4 Å². The number of methoxy groups -OCH3 is 1. The lowest BCUT2D eigenvalue weighted by atomic mass is 9.83. The summed E-state index contributed by atoms with van der Waals surface area (Å²) in [6.45, 7) is 2.54. The van der Waals surface area contributed by atoms with Crippen LogP contribution in [0.4, 0.5) is 10.5 Å². The smallest absolute Gasteiger partial charge is 0.410 e. The highest BCUT2D eigenvalue weighted by Crippen LogP contribution is 2.37. The number of likely N-dealkylation sites (tertiary alicyclic amines) is 1. The third kappa shape index (κ3) is 7.15. The van der Waals surface area contributed by atoms with E-state index in [1.165, 1.54) is 13.2 Å². The molecule has 0 radical (unpaired) electrons. The first-order chi connectivity index (χ1) is 19.8. The van der Waals surface area contributed by atoms with Crippen molar-refractivity contribution >= 4 is 22.7 Å². The largest absolute Gasteiger partial charge is 0.490 e. The predicted molar refractivity (Wildman–Crippen MR) is 152 cm³/mol. The number of amides is 1. The fourth-order valence-corrected chi connectivity index (χ4v) is 5.83. The number of aromatic nitrogens is 2. The van der Waals surface area contributed by atoms with Gasteiger partial charge in [0, 0.05) is 43.4 Å². The van der Waals surface area contributed by atoms with E-state index in [1.807, 2.05) is 41.2 Å². The average molecular weight is 567 g/mol. The molecular formula is C30H38N4O7. The number of hydrogen-bond acceptors (Lipinski definition) is 8. The van der Waals surface area contributed by atoms with Crippen LogP contribution in [0.2, 0.25) is 0 Å². The van der Waals surface area contributed by atoms with Gasteiger partial charge >= 0.3 is 11.8 Å². The number of ether oxygens (including phenoxy) is 3. The first-order valence-electron chi connectivity index (χ1n) is 14.3. The first-order valence-corrected chi connectivity index (χ1v) is 14.3. The third-order valence-corrected chi connectivity index (χ3v) is 8.40. The minimum absolute atomic E-state index is 0.0818. The number of piperidine rings is 1. The van der Waals surface area contributed by atoms with Crippen molar-refractivity contribution in [3.05, 3.63) is 64.3 Å². The number of nitro benzene ring substituents is 1. The van der Waals surface area contributed by atoms with Gasteiger partial charge in [0.2, 0.25) is 0 Å². The summed E-state index contributed by atoms with van der Waals surface area (Å²) in [5, 5.41) is 27.8. The van der Waals surface area contributed by atoms with E-state index < -0.39 is 10.5 Å². The summed E-state index contributed by atoms with van der Waals surface area (Å²) in [4.78, 5) is 25.1. The molecule has 41 heavy (non-hydrogen) atoms. The minimum Gasteiger partial charge on any atom is -0.490 e. The highest BCUT2D eigenvalue weighted by molar-refractivity contribution is 5.83. The molecule has 2 heterocycles. The highest BCUT2D eigenvalue weighted by Gasteiger charge is 2.35. The van der Waals surface area contributed by atoms with Gasteiger partial charge in [-0.3, -0.25) is 14.8 Å². The Morgan fingerprint density at radius 2 is 1.88 bits per heavy atom. The molecule has 2 aromatic carbocycles. The molecule has 1 aliphatic heterocycles. The lowest BCUT2D eigenvalue weighted by molar-refractivity contribution is -0.385. The molecule has 3 aromatic rings. The van der Waals surface area contributed by atoms with Crippen LogP contribution in [0.5, 0.6) is 5.75 Å². The highest BCUT2D eigenvalue weighted by atomic mass is 16.6. The van der Waals surface area contributed by atoms with Gasteiger partial charge in [-0.1, -0.05) is 30.3 Å². The predicted octanol–water partition coefficient (Wildman–Crippen LogP) is 5.25. The fraction of sp³-hybridized carbons (Fsp3) is 0.533. The van der Waals surface area contributed by atoms with Crippen molar-refractivity contribution in [2.24, 2.45) is 5.92 Å². The number of aliphatic hydroxyl groups is 1. The van der Waals surface area contributed by atoms with Gasteiger partial charge in [-0.15, -0.1) is 0 Å². The molecule has 0 bridgehead atoms. The second-order valence-corrected chi connectivity index (χ2v) is 11.2. The Morgan fingerprint density at radius 3 is 2.56 bits per heavy atom. The van der Waals surface area contributed by atoms with Crippen molar-refractivity contribution in [2.45, 2.75) is 63.2 Å². The van der Waals surface area contributed by atoms with Gasteiger partial charge in [0.15, 0.2) is 5.75 Å². The number of carbonyl (C=O) groups excluding carboxylic acids is 1. The molecule has 1 aliphatic carbocycles. The summed E-state index contributed by atoms with van der Waals surface area (Å²) in [5.74, 6) is 0.678. The van der Waals surface area contributed by atoms with Crippen LogP contribution in [-0.4, -0.2) is 69.8 Å². The van der Waals surface area contributed by atoms with Crippen LogP contribution in [0.25, 0.3) is 10.9 Å². The van der Waals surface area contributed by atoms with Crippen LogP contribution in [0.3, 0.4) is 0 Å². The zero-order valence-corrected chi connectivity index (χ0v) is 23.4. The van der Waals surface area contributed by atoms with Gasteiger partial charge in [-0.2, -0.15) is 5.10 Å². The molecule has 2 fully saturated rings. The zero-order chi connectivity index (χ0) is 28.8. The molecule has 0 spiro atoms. The number of rotatable bonds is 10.